The Kier molecular flexibility index (Phi) is 6.64. The van der Waals surface area contributed by atoms with Crippen molar-refractivity contribution in [2.45, 2.75) is 45.4 Å². The van der Waals surface area contributed by atoms with Crippen LogP contribution in [-0.4, -0.2) is 12.6 Å². The van der Waals surface area contributed by atoms with E-state index in [0.29, 0.717) is 12.6 Å². The van der Waals surface area contributed by atoms with Crippen molar-refractivity contribution in [3.05, 3.63) is 70.8 Å². The molecule has 1 N–H and O–H groups in total. The van der Waals surface area contributed by atoms with Gasteiger partial charge in [-0.05, 0) is 55.5 Å². The van der Waals surface area contributed by atoms with Gasteiger partial charge in [-0.1, -0.05) is 48.5 Å². The van der Waals surface area contributed by atoms with Gasteiger partial charge in [0.05, 0.1) is 18.8 Å². The third-order valence-electron chi connectivity index (χ3n) is 4.73. The van der Waals surface area contributed by atoms with E-state index in [4.69, 9.17) is 4.74 Å². The second-order valence-corrected chi connectivity index (χ2v) is 6.19. The van der Waals surface area contributed by atoms with Gasteiger partial charge >= 0.3 is 0 Å². The minimum atomic E-state index is 0. The fraction of sp³-hybridized carbons (Fsp3) is 0.400. The molecule has 0 bridgehead atoms. The summed E-state index contributed by atoms with van der Waals surface area (Å²) >= 11 is 0. The molecule has 2 atom stereocenters. The van der Waals surface area contributed by atoms with Crippen LogP contribution in [0.4, 0.5) is 0 Å². The fourth-order valence-corrected chi connectivity index (χ4v) is 3.20. The quantitative estimate of drug-likeness (QED) is 0.874. The van der Waals surface area contributed by atoms with E-state index >= 15 is 0 Å². The van der Waals surface area contributed by atoms with Crippen LogP contribution >= 0.6 is 12.4 Å². The van der Waals surface area contributed by atoms with E-state index in [9.17, 15) is 0 Å². The van der Waals surface area contributed by atoms with Crippen LogP contribution in [0.1, 0.15) is 41.1 Å². The molecule has 3 rings (SSSR count). The molecular weight excluding hydrogens is 306 g/mol. The van der Waals surface area contributed by atoms with Crippen molar-refractivity contribution in [3.63, 3.8) is 0 Å². The summed E-state index contributed by atoms with van der Waals surface area (Å²) in [6.45, 7) is 6.11. The largest absolute Gasteiger partial charge is 0.372 e. The Labute approximate surface area is 145 Å². The third-order valence-corrected chi connectivity index (χ3v) is 4.73. The second kappa shape index (κ2) is 8.49. The predicted molar refractivity (Wildman–Crippen MR) is 98.2 cm³/mol. The summed E-state index contributed by atoms with van der Waals surface area (Å²) in [6, 6.07) is 17.4. The number of benzene rings is 2. The van der Waals surface area contributed by atoms with Gasteiger partial charge in [-0.25, -0.2) is 0 Å². The Morgan fingerprint density at radius 2 is 1.83 bits per heavy atom. The van der Waals surface area contributed by atoms with Gasteiger partial charge < -0.3 is 10.1 Å². The summed E-state index contributed by atoms with van der Waals surface area (Å²) in [5.74, 6) is 0. The molecular formula is C20H26ClNO. The standard InChI is InChI=1S/C20H25NO.ClH/c1-15-8-6-11-18(16(15)2)14-22-19-12-7-13-21-20(19)17-9-4-3-5-10-17;/h3-6,8-11,19-21H,7,12-14H2,1-2H3;1H/t19-,20-;/m0./s1. The average Bonchev–Trinajstić information content (AvgIpc) is 2.57. The molecule has 0 radical (unpaired) electrons. The minimum Gasteiger partial charge on any atom is -0.372 e. The van der Waals surface area contributed by atoms with Crippen LogP contribution in [0.3, 0.4) is 0 Å². The maximum atomic E-state index is 6.31. The first-order valence-electron chi connectivity index (χ1n) is 8.21. The Morgan fingerprint density at radius 3 is 2.61 bits per heavy atom. The summed E-state index contributed by atoms with van der Waals surface area (Å²) in [5, 5.41) is 3.62. The molecule has 0 amide bonds. The number of aryl methyl sites for hydroxylation is 1. The second-order valence-electron chi connectivity index (χ2n) is 6.19. The van der Waals surface area contributed by atoms with Crippen LogP contribution in [0, 0.1) is 13.8 Å². The van der Waals surface area contributed by atoms with Gasteiger partial charge in [0.25, 0.3) is 0 Å². The van der Waals surface area contributed by atoms with Crippen molar-refractivity contribution in [2.75, 3.05) is 6.54 Å². The van der Waals surface area contributed by atoms with E-state index in [1.165, 1.54) is 28.7 Å². The minimum absolute atomic E-state index is 0. The molecule has 0 aromatic heterocycles. The van der Waals surface area contributed by atoms with Crippen LogP contribution in [0.25, 0.3) is 0 Å². The number of rotatable bonds is 4. The van der Waals surface area contributed by atoms with Crippen molar-refractivity contribution in [1.29, 1.82) is 0 Å². The van der Waals surface area contributed by atoms with Crippen molar-refractivity contribution in [2.24, 2.45) is 0 Å². The van der Waals surface area contributed by atoms with Gasteiger partial charge in [0.15, 0.2) is 0 Å². The lowest BCUT2D eigenvalue weighted by atomic mass is 9.94. The molecule has 1 heterocycles. The summed E-state index contributed by atoms with van der Waals surface area (Å²) in [4.78, 5) is 0. The molecule has 2 aromatic carbocycles. The van der Waals surface area contributed by atoms with Gasteiger partial charge in [0, 0.05) is 0 Å². The monoisotopic (exact) mass is 331 g/mol. The van der Waals surface area contributed by atoms with Crippen LogP contribution < -0.4 is 5.32 Å². The number of piperidine rings is 1. The van der Waals surface area contributed by atoms with Crippen molar-refractivity contribution in [3.8, 4) is 0 Å². The molecule has 2 nitrogen and oxygen atoms in total. The highest BCUT2D eigenvalue weighted by molar-refractivity contribution is 5.85. The molecule has 124 valence electrons. The Bertz CT molecular complexity index is 614. The zero-order chi connectivity index (χ0) is 15.4. The molecule has 1 fully saturated rings. The van der Waals surface area contributed by atoms with Crippen LogP contribution in [-0.2, 0) is 11.3 Å². The predicted octanol–water partition coefficient (Wildman–Crippen LogP) is 4.74. The number of hydrogen-bond acceptors (Lipinski definition) is 2. The summed E-state index contributed by atoms with van der Waals surface area (Å²) in [5.41, 5.74) is 5.32. The number of nitrogens with one attached hydrogen (secondary N) is 1. The van der Waals surface area contributed by atoms with E-state index in [0.717, 1.165) is 13.0 Å². The highest BCUT2D eigenvalue weighted by atomic mass is 35.5. The van der Waals surface area contributed by atoms with Crippen LogP contribution in [0.5, 0.6) is 0 Å². The molecule has 0 aliphatic carbocycles. The first-order chi connectivity index (χ1) is 10.8. The normalized spacial score (nSPS) is 20.8. The van der Waals surface area contributed by atoms with Gasteiger partial charge in [-0.3, -0.25) is 0 Å². The van der Waals surface area contributed by atoms with Gasteiger partial charge in [-0.2, -0.15) is 0 Å². The van der Waals surface area contributed by atoms with Gasteiger partial charge in [0.1, 0.15) is 0 Å². The molecule has 1 aliphatic heterocycles. The Morgan fingerprint density at radius 1 is 1.04 bits per heavy atom. The van der Waals surface area contributed by atoms with Gasteiger partial charge in [-0.15, -0.1) is 12.4 Å². The lowest BCUT2D eigenvalue weighted by molar-refractivity contribution is -0.00378. The van der Waals surface area contributed by atoms with E-state index in [-0.39, 0.29) is 18.5 Å². The maximum Gasteiger partial charge on any atom is 0.0774 e. The summed E-state index contributed by atoms with van der Waals surface area (Å²) in [6.07, 6.45) is 2.55. The van der Waals surface area contributed by atoms with Gasteiger partial charge in [0.2, 0.25) is 0 Å². The first-order valence-corrected chi connectivity index (χ1v) is 8.21. The molecule has 0 unspecified atom stereocenters. The molecule has 0 saturated carbocycles. The molecule has 3 heteroatoms. The van der Waals surface area contributed by atoms with E-state index in [1.807, 2.05) is 0 Å². The van der Waals surface area contributed by atoms with Crippen LogP contribution in [0.2, 0.25) is 0 Å². The summed E-state index contributed by atoms with van der Waals surface area (Å²) in [7, 11) is 0. The highest BCUT2D eigenvalue weighted by Gasteiger charge is 2.26. The van der Waals surface area contributed by atoms with Crippen molar-refractivity contribution < 1.29 is 4.74 Å². The number of halogens is 1. The van der Waals surface area contributed by atoms with E-state index in [2.05, 4.69) is 67.7 Å². The third kappa shape index (κ3) is 4.35. The fourth-order valence-electron chi connectivity index (χ4n) is 3.20. The average molecular weight is 332 g/mol. The zero-order valence-corrected chi connectivity index (χ0v) is 14.7. The topological polar surface area (TPSA) is 21.3 Å². The van der Waals surface area contributed by atoms with Crippen molar-refractivity contribution in [1.82, 2.24) is 5.32 Å². The number of ether oxygens (including phenoxy) is 1. The van der Waals surface area contributed by atoms with Crippen LogP contribution in [0.15, 0.2) is 48.5 Å². The highest BCUT2D eigenvalue weighted by Crippen LogP contribution is 2.27. The lowest BCUT2D eigenvalue weighted by Crippen LogP contribution is -2.39. The molecule has 23 heavy (non-hydrogen) atoms. The molecule has 0 spiro atoms. The molecule has 1 aliphatic rings. The number of hydrogen-bond donors (Lipinski definition) is 1. The SMILES string of the molecule is Cc1cccc(CO[C@H]2CCCN[C@H]2c2ccccc2)c1C.Cl. The maximum absolute atomic E-state index is 6.31. The molecule has 2 aromatic rings. The summed E-state index contributed by atoms with van der Waals surface area (Å²) < 4.78 is 6.31. The smallest absolute Gasteiger partial charge is 0.0774 e. The zero-order valence-electron chi connectivity index (χ0n) is 13.9. The first kappa shape index (κ1) is 18.0. The van der Waals surface area contributed by atoms with Crippen molar-refractivity contribution >= 4 is 12.4 Å². The Balaban J connectivity index is 0.00000192. The molecule has 1 saturated heterocycles. The lowest BCUT2D eigenvalue weighted by Gasteiger charge is -2.33. The van der Waals surface area contributed by atoms with E-state index in [1.54, 1.807) is 0 Å². The van der Waals surface area contributed by atoms with E-state index < -0.39 is 0 Å². The Hall–Kier alpha value is -1.35.